The van der Waals surface area contributed by atoms with Crippen molar-refractivity contribution >= 4 is 32.9 Å². The molecule has 0 saturated carbocycles. The standard InChI is InChI=1S/C22H21NO4S2/c24-21(20-12-6-14-28-20)18-10-4-5-11-19(18)22(25)23-13-7-15-29(26,27)16-17-8-2-1-3-9-17/h1-6,8-12,14H,7,13,15-16H2,(H,23,25). The van der Waals surface area contributed by atoms with E-state index in [0.29, 0.717) is 16.9 Å². The van der Waals surface area contributed by atoms with Gasteiger partial charge >= 0.3 is 0 Å². The van der Waals surface area contributed by atoms with E-state index in [4.69, 9.17) is 0 Å². The van der Waals surface area contributed by atoms with Crippen LogP contribution in [0.4, 0.5) is 0 Å². The highest BCUT2D eigenvalue weighted by Gasteiger charge is 2.18. The smallest absolute Gasteiger partial charge is 0.252 e. The van der Waals surface area contributed by atoms with Crippen LogP contribution in [0.1, 0.15) is 37.6 Å². The second kappa shape index (κ2) is 9.62. The highest BCUT2D eigenvalue weighted by Crippen LogP contribution is 2.18. The van der Waals surface area contributed by atoms with Crippen molar-refractivity contribution in [3.63, 3.8) is 0 Å². The lowest BCUT2D eigenvalue weighted by Crippen LogP contribution is -2.27. The fraction of sp³-hybridized carbons (Fsp3) is 0.182. The van der Waals surface area contributed by atoms with Gasteiger partial charge in [0.15, 0.2) is 9.84 Å². The van der Waals surface area contributed by atoms with Gasteiger partial charge in [0.05, 0.1) is 21.9 Å². The molecule has 0 fully saturated rings. The monoisotopic (exact) mass is 427 g/mol. The summed E-state index contributed by atoms with van der Waals surface area (Å²) in [4.78, 5) is 25.7. The summed E-state index contributed by atoms with van der Waals surface area (Å²) < 4.78 is 24.5. The second-order valence-electron chi connectivity index (χ2n) is 6.54. The van der Waals surface area contributed by atoms with Crippen molar-refractivity contribution in [2.45, 2.75) is 12.2 Å². The van der Waals surface area contributed by atoms with Crippen molar-refractivity contribution < 1.29 is 18.0 Å². The molecule has 0 atom stereocenters. The van der Waals surface area contributed by atoms with Crippen LogP contribution in [0.5, 0.6) is 0 Å². The van der Waals surface area contributed by atoms with Crippen molar-refractivity contribution in [3.05, 3.63) is 93.7 Å². The molecular formula is C22H21NO4S2. The first-order valence-corrected chi connectivity index (χ1v) is 11.9. The van der Waals surface area contributed by atoms with Crippen LogP contribution in [-0.4, -0.2) is 32.4 Å². The number of benzene rings is 2. The Bertz CT molecular complexity index is 1080. The number of carbonyl (C=O) groups is 2. The van der Waals surface area contributed by atoms with Crippen molar-refractivity contribution in [2.75, 3.05) is 12.3 Å². The normalized spacial score (nSPS) is 11.2. The summed E-state index contributed by atoms with van der Waals surface area (Å²) in [6, 6.07) is 19.2. The van der Waals surface area contributed by atoms with Gasteiger partial charge in [-0.1, -0.05) is 54.6 Å². The minimum atomic E-state index is -3.25. The lowest BCUT2D eigenvalue weighted by Gasteiger charge is -2.09. The number of hydrogen-bond donors (Lipinski definition) is 1. The Morgan fingerprint density at radius 1 is 0.862 bits per heavy atom. The molecule has 0 unspecified atom stereocenters. The zero-order chi connectivity index (χ0) is 20.7. The Labute approximate surface area is 174 Å². The van der Waals surface area contributed by atoms with Gasteiger partial charge in [0, 0.05) is 12.1 Å². The molecule has 0 aliphatic rings. The summed E-state index contributed by atoms with van der Waals surface area (Å²) >= 11 is 1.32. The topological polar surface area (TPSA) is 80.3 Å². The van der Waals surface area contributed by atoms with Crippen molar-refractivity contribution in [2.24, 2.45) is 0 Å². The quantitative estimate of drug-likeness (QED) is 0.417. The third kappa shape index (κ3) is 5.85. The van der Waals surface area contributed by atoms with Crippen molar-refractivity contribution in [3.8, 4) is 0 Å². The molecular weight excluding hydrogens is 406 g/mol. The Balaban J connectivity index is 1.56. The number of carbonyl (C=O) groups excluding carboxylic acids is 2. The molecule has 3 rings (SSSR count). The number of ketones is 1. The third-order valence-electron chi connectivity index (χ3n) is 4.31. The van der Waals surface area contributed by atoms with Crippen LogP contribution in [0.25, 0.3) is 0 Å². The van der Waals surface area contributed by atoms with E-state index in [9.17, 15) is 18.0 Å². The molecule has 0 bridgehead atoms. The van der Waals surface area contributed by atoms with Gasteiger partial charge in [0.25, 0.3) is 5.91 Å². The molecule has 0 spiro atoms. The Hall–Kier alpha value is -2.77. The number of nitrogens with one attached hydrogen (secondary N) is 1. The maximum Gasteiger partial charge on any atom is 0.252 e. The first kappa shape index (κ1) is 21.0. The molecule has 150 valence electrons. The molecule has 29 heavy (non-hydrogen) atoms. The Morgan fingerprint density at radius 3 is 2.24 bits per heavy atom. The van der Waals surface area contributed by atoms with Crippen LogP contribution >= 0.6 is 11.3 Å². The molecule has 1 aromatic heterocycles. The lowest BCUT2D eigenvalue weighted by molar-refractivity contribution is 0.0942. The minimum Gasteiger partial charge on any atom is -0.352 e. The van der Waals surface area contributed by atoms with Gasteiger partial charge in [0.1, 0.15) is 0 Å². The Morgan fingerprint density at radius 2 is 1.55 bits per heavy atom. The minimum absolute atomic E-state index is 0.0140. The van der Waals surface area contributed by atoms with Gasteiger partial charge in [-0.15, -0.1) is 11.3 Å². The number of sulfone groups is 1. The van der Waals surface area contributed by atoms with Crippen LogP contribution in [0.15, 0.2) is 72.1 Å². The molecule has 7 heteroatoms. The van der Waals surface area contributed by atoms with E-state index in [1.54, 1.807) is 60.7 Å². The SMILES string of the molecule is O=C(NCCCS(=O)(=O)Cc1ccccc1)c1ccccc1C(=O)c1cccs1. The van der Waals surface area contributed by atoms with E-state index in [-0.39, 0.29) is 35.3 Å². The Kier molecular flexibility index (Phi) is 6.95. The van der Waals surface area contributed by atoms with Crippen molar-refractivity contribution in [1.29, 1.82) is 0 Å². The molecule has 1 amide bonds. The largest absolute Gasteiger partial charge is 0.352 e. The maximum atomic E-state index is 12.6. The third-order valence-corrected chi connectivity index (χ3v) is 6.86. The molecule has 1 heterocycles. The van der Waals surface area contributed by atoms with E-state index in [1.165, 1.54) is 11.3 Å². The van der Waals surface area contributed by atoms with E-state index in [1.807, 2.05) is 11.4 Å². The molecule has 0 aliphatic heterocycles. The van der Waals surface area contributed by atoms with Crippen LogP contribution < -0.4 is 5.32 Å². The summed E-state index contributed by atoms with van der Waals surface area (Å²) in [5.41, 5.74) is 1.37. The zero-order valence-corrected chi connectivity index (χ0v) is 17.3. The number of hydrogen-bond acceptors (Lipinski definition) is 5. The van der Waals surface area contributed by atoms with E-state index >= 15 is 0 Å². The molecule has 0 aliphatic carbocycles. The first-order valence-electron chi connectivity index (χ1n) is 9.16. The zero-order valence-electron chi connectivity index (χ0n) is 15.7. The number of amides is 1. The molecule has 5 nitrogen and oxygen atoms in total. The van der Waals surface area contributed by atoms with Crippen LogP contribution in [0.3, 0.4) is 0 Å². The summed E-state index contributed by atoms with van der Waals surface area (Å²) in [6.45, 7) is 0.217. The highest BCUT2D eigenvalue weighted by molar-refractivity contribution is 7.90. The van der Waals surface area contributed by atoms with Gasteiger partial charge in [0.2, 0.25) is 5.78 Å². The second-order valence-corrected chi connectivity index (χ2v) is 9.67. The van der Waals surface area contributed by atoms with Crippen molar-refractivity contribution in [1.82, 2.24) is 5.32 Å². The first-order chi connectivity index (χ1) is 14.0. The van der Waals surface area contributed by atoms with Gasteiger partial charge in [-0.05, 0) is 29.5 Å². The van der Waals surface area contributed by atoms with Crippen LogP contribution in [-0.2, 0) is 15.6 Å². The number of rotatable bonds is 9. The highest BCUT2D eigenvalue weighted by atomic mass is 32.2. The fourth-order valence-electron chi connectivity index (χ4n) is 2.91. The maximum absolute atomic E-state index is 12.6. The molecule has 2 aromatic carbocycles. The summed E-state index contributed by atoms with van der Waals surface area (Å²) in [5.74, 6) is -0.611. The molecule has 1 N–H and O–H groups in total. The molecule has 3 aromatic rings. The predicted molar refractivity (Wildman–Crippen MR) is 115 cm³/mol. The molecule has 0 radical (unpaired) electrons. The summed E-state index contributed by atoms with van der Waals surface area (Å²) in [6.07, 6.45) is 0.307. The van der Waals surface area contributed by atoms with Gasteiger partial charge < -0.3 is 5.32 Å². The van der Waals surface area contributed by atoms with Crippen LogP contribution in [0, 0.1) is 0 Å². The average molecular weight is 428 g/mol. The average Bonchev–Trinajstić information content (AvgIpc) is 3.26. The van der Waals surface area contributed by atoms with E-state index < -0.39 is 9.84 Å². The predicted octanol–water partition coefficient (Wildman–Crippen LogP) is 3.71. The van der Waals surface area contributed by atoms with Crippen LogP contribution in [0.2, 0.25) is 0 Å². The van der Waals surface area contributed by atoms with Gasteiger partial charge in [-0.2, -0.15) is 0 Å². The summed E-state index contributed by atoms with van der Waals surface area (Å²) in [7, 11) is -3.25. The van der Waals surface area contributed by atoms with Gasteiger partial charge in [-0.3, -0.25) is 9.59 Å². The lowest BCUT2D eigenvalue weighted by atomic mass is 10.0. The number of thiophene rings is 1. The summed E-state index contributed by atoms with van der Waals surface area (Å²) in [5, 5.41) is 4.54. The van der Waals surface area contributed by atoms with E-state index in [2.05, 4.69) is 5.32 Å². The molecule has 0 saturated heterocycles. The fourth-order valence-corrected chi connectivity index (χ4v) is 5.02. The van der Waals surface area contributed by atoms with E-state index in [0.717, 1.165) is 5.56 Å². The van der Waals surface area contributed by atoms with Gasteiger partial charge in [-0.25, -0.2) is 8.42 Å².